The predicted molar refractivity (Wildman–Crippen MR) is 63.7 cm³/mol. The standard InChI is InChI=1S/C12H17N3O2/c1-9-2-4-12(5-3-9,11(16)17)15-10-8-13-6-7-14-10/h6-9H,2-5H2,1H3,(H,14,15)(H,16,17). The molecular weight excluding hydrogens is 218 g/mol. The first-order chi connectivity index (χ1) is 8.12. The minimum atomic E-state index is -0.872. The second kappa shape index (κ2) is 4.69. The molecule has 0 unspecified atom stereocenters. The third kappa shape index (κ3) is 2.54. The van der Waals surface area contributed by atoms with Crippen molar-refractivity contribution >= 4 is 11.8 Å². The summed E-state index contributed by atoms with van der Waals surface area (Å²) in [5.74, 6) is 0.339. The molecule has 1 fully saturated rings. The summed E-state index contributed by atoms with van der Waals surface area (Å²) < 4.78 is 0. The quantitative estimate of drug-likeness (QED) is 0.837. The van der Waals surface area contributed by atoms with Gasteiger partial charge in [0.15, 0.2) is 0 Å². The molecule has 92 valence electrons. The topological polar surface area (TPSA) is 75.1 Å². The minimum absolute atomic E-state index is 0.532. The Balaban J connectivity index is 2.15. The zero-order chi connectivity index (χ0) is 12.3. The van der Waals surface area contributed by atoms with Crippen molar-refractivity contribution in [3.8, 4) is 0 Å². The SMILES string of the molecule is CC1CCC(Nc2cnccn2)(C(=O)O)CC1. The van der Waals surface area contributed by atoms with Gasteiger partial charge in [-0.15, -0.1) is 0 Å². The van der Waals surface area contributed by atoms with Crippen LogP contribution in [0.4, 0.5) is 5.82 Å². The summed E-state index contributed by atoms with van der Waals surface area (Å²) in [6.45, 7) is 2.16. The van der Waals surface area contributed by atoms with E-state index in [1.54, 1.807) is 18.6 Å². The lowest BCUT2D eigenvalue weighted by Gasteiger charge is -2.36. The average molecular weight is 235 g/mol. The van der Waals surface area contributed by atoms with Crippen LogP contribution in [0.3, 0.4) is 0 Å². The Bertz CT molecular complexity index is 386. The van der Waals surface area contributed by atoms with Crippen molar-refractivity contribution in [3.05, 3.63) is 18.6 Å². The number of nitrogens with zero attached hydrogens (tertiary/aromatic N) is 2. The molecule has 1 saturated carbocycles. The Morgan fingerprint density at radius 1 is 1.47 bits per heavy atom. The van der Waals surface area contributed by atoms with E-state index in [9.17, 15) is 9.90 Å². The highest BCUT2D eigenvalue weighted by molar-refractivity contribution is 5.82. The van der Waals surface area contributed by atoms with E-state index in [0.717, 1.165) is 12.8 Å². The van der Waals surface area contributed by atoms with Gasteiger partial charge in [-0.25, -0.2) is 9.78 Å². The largest absolute Gasteiger partial charge is 0.480 e. The zero-order valence-corrected chi connectivity index (χ0v) is 9.89. The molecular formula is C12H17N3O2. The van der Waals surface area contributed by atoms with Gasteiger partial charge < -0.3 is 10.4 Å². The number of nitrogens with one attached hydrogen (secondary N) is 1. The van der Waals surface area contributed by atoms with Crippen LogP contribution in [-0.2, 0) is 4.79 Å². The van der Waals surface area contributed by atoms with Gasteiger partial charge in [0.1, 0.15) is 11.4 Å². The fraction of sp³-hybridized carbons (Fsp3) is 0.583. The molecule has 1 aliphatic rings. The second-order valence-corrected chi connectivity index (χ2v) is 4.79. The molecule has 1 aliphatic carbocycles. The number of rotatable bonds is 3. The lowest BCUT2D eigenvalue weighted by Crippen LogP contribution is -2.49. The number of carboxylic acids is 1. The highest BCUT2D eigenvalue weighted by atomic mass is 16.4. The van der Waals surface area contributed by atoms with Crippen LogP contribution in [-0.4, -0.2) is 26.6 Å². The van der Waals surface area contributed by atoms with E-state index in [2.05, 4.69) is 22.2 Å². The summed E-state index contributed by atoms with van der Waals surface area (Å²) in [6.07, 6.45) is 7.83. The number of aromatic nitrogens is 2. The van der Waals surface area contributed by atoms with Crippen LogP contribution in [0.2, 0.25) is 0 Å². The predicted octanol–water partition coefficient (Wildman–Crippen LogP) is 1.92. The van der Waals surface area contributed by atoms with Crippen molar-refractivity contribution in [3.63, 3.8) is 0 Å². The second-order valence-electron chi connectivity index (χ2n) is 4.79. The summed E-state index contributed by atoms with van der Waals surface area (Å²) in [4.78, 5) is 19.5. The van der Waals surface area contributed by atoms with Crippen molar-refractivity contribution in [2.24, 2.45) is 5.92 Å². The fourth-order valence-electron chi connectivity index (χ4n) is 2.26. The minimum Gasteiger partial charge on any atom is -0.480 e. The van der Waals surface area contributed by atoms with Crippen LogP contribution >= 0.6 is 0 Å². The maximum Gasteiger partial charge on any atom is 0.329 e. The zero-order valence-electron chi connectivity index (χ0n) is 9.89. The first-order valence-corrected chi connectivity index (χ1v) is 5.90. The van der Waals surface area contributed by atoms with E-state index in [1.807, 2.05) is 0 Å². The molecule has 0 atom stereocenters. The van der Waals surface area contributed by atoms with Crippen LogP contribution in [0.25, 0.3) is 0 Å². The van der Waals surface area contributed by atoms with Gasteiger partial charge in [0.05, 0.1) is 6.20 Å². The Morgan fingerprint density at radius 2 is 2.18 bits per heavy atom. The van der Waals surface area contributed by atoms with Gasteiger partial charge in [-0.1, -0.05) is 6.92 Å². The molecule has 5 nitrogen and oxygen atoms in total. The van der Waals surface area contributed by atoms with Gasteiger partial charge >= 0.3 is 5.97 Å². The highest BCUT2D eigenvalue weighted by Crippen LogP contribution is 2.34. The molecule has 0 spiro atoms. The van der Waals surface area contributed by atoms with Gasteiger partial charge in [0.25, 0.3) is 0 Å². The Hall–Kier alpha value is -1.65. The number of carboxylic acid groups (broad SMARTS) is 1. The van der Waals surface area contributed by atoms with Gasteiger partial charge in [-0.3, -0.25) is 4.98 Å². The maximum absolute atomic E-state index is 11.5. The van der Waals surface area contributed by atoms with Crippen molar-refractivity contribution in [1.82, 2.24) is 9.97 Å². The molecule has 0 aliphatic heterocycles. The van der Waals surface area contributed by atoms with Crippen molar-refractivity contribution in [2.45, 2.75) is 38.1 Å². The third-order valence-corrected chi connectivity index (χ3v) is 3.47. The normalized spacial score (nSPS) is 28.6. The van der Waals surface area contributed by atoms with Crippen molar-refractivity contribution in [1.29, 1.82) is 0 Å². The van der Waals surface area contributed by atoms with Crippen LogP contribution in [0.5, 0.6) is 0 Å². The first kappa shape index (κ1) is 11.8. The Morgan fingerprint density at radius 3 is 2.71 bits per heavy atom. The summed E-state index contributed by atoms with van der Waals surface area (Å²) in [7, 11) is 0. The summed E-state index contributed by atoms with van der Waals surface area (Å²) in [6, 6.07) is 0. The van der Waals surface area contributed by atoms with Crippen LogP contribution in [0.15, 0.2) is 18.6 Å². The summed E-state index contributed by atoms with van der Waals surface area (Å²) in [5, 5.41) is 12.5. The Kier molecular flexibility index (Phi) is 3.26. The van der Waals surface area contributed by atoms with Gasteiger partial charge in [0, 0.05) is 12.4 Å². The smallest absolute Gasteiger partial charge is 0.329 e. The molecule has 1 aromatic heterocycles. The van der Waals surface area contributed by atoms with E-state index in [-0.39, 0.29) is 0 Å². The molecule has 1 heterocycles. The molecule has 0 aromatic carbocycles. The van der Waals surface area contributed by atoms with E-state index >= 15 is 0 Å². The lowest BCUT2D eigenvalue weighted by atomic mass is 9.77. The number of aliphatic carboxylic acids is 1. The van der Waals surface area contributed by atoms with Crippen LogP contribution < -0.4 is 5.32 Å². The number of hydrogen-bond acceptors (Lipinski definition) is 4. The summed E-state index contributed by atoms with van der Waals surface area (Å²) in [5.41, 5.74) is -0.872. The molecule has 1 aromatic rings. The van der Waals surface area contributed by atoms with Crippen LogP contribution in [0.1, 0.15) is 32.6 Å². The molecule has 5 heteroatoms. The number of anilines is 1. The van der Waals surface area contributed by atoms with Gasteiger partial charge in [-0.05, 0) is 31.6 Å². The fourth-order valence-corrected chi connectivity index (χ4v) is 2.26. The van der Waals surface area contributed by atoms with E-state index < -0.39 is 11.5 Å². The molecule has 2 rings (SSSR count). The highest BCUT2D eigenvalue weighted by Gasteiger charge is 2.41. The van der Waals surface area contributed by atoms with Gasteiger partial charge in [-0.2, -0.15) is 0 Å². The average Bonchev–Trinajstić information content (AvgIpc) is 2.33. The monoisotopic (exact) mass is 235 g/mol. The molecule has 2 N–H and O–H groups in total. The molecule has 0 bridgehead atoms. The van der Waals surface area contributed by atoms with Crippen molar-refractivity contribution < 1.29 is 9.90 Å². The number of carbonyl (C=O) groups is 1. The van der Waals surface area contributed by atoms with E-state index in [0.29, 0.717) is 24.6 Å². The molecule has 0 amide bonds. The van der Waals surface area contributed by atoms with E-state index in [4.69, 9.17) is 0 Å². The third-order valence-electron chi connectivity index (χ3n) is 3.47. The Labute approximate surface area is 100 Å². The molecule has 0 saturated heterocycles. The van der Waals surface area contributed by atoms with E-state index in [1.165, 1.54) is 0 Å². The van der Waals surface area contributed by atoms with Crippen molar-refractivity contribution in [2.75, 3.05) is 5.32 Å². The first-order valence-electron chi connectivity index (χ1n) is 5.90. The maximum atomic E-state index is 11.5. The van der Waals surface area contributed by atoms with Crippen LogP contribution in [0, 0.1) is 5.92 Å². The molecule has 17 heavy (non-hydrogen) atoms. The van der Waals surface area contributed by atoms with Gasteiger partial charge in [0.2, 0.25) is 0 Å². The summed E-state index contributed by atoms with van der Waals surface area (Å²) >= 11 is 0. The molecule has 0 radical (unpaired) electrons. The number of hydrogen-bond donors (Lipinski definition) is 2. The lowest BCUT2D eigenvalue weighted by molar-refractivity contribution is -0.143.